The van der Waals surface area contributed by atoms with Crippen LogP contribution in [0.15, 0.2) is 36.4 Å². The second kappa shape index (κ2) is 3.92. The van der Waals surface area contributed by atoms with Gasteiger partial charge >= 0.3 is 5.97 Å². The highest BCUT2D eigenvalue weighted by Crippen LogP contribution is 2.52. The van der Waals surface area contributed by atoms with E-state index in [0.29, 0.717) is 0 Å². The molecule has 1 amide bonds. The van der Waals surface area contributed by atoms with Crippen molar-refractivity contribution in [1.82, 2.24) is 0 Å². The van der Waals surface area contributed by atoms with Gasteiger partial charge in [0.25, 0.3) is 0 Å². The van der Waals surface area contributed by atoms with Crippen molar-refractivity contribution < 1.29 is 23.8 Å². The largest absolute Gasteiger partial charge is 0.481 e. The number of fused-ring (bicyclic) bond motifs is 1. The SMILES string of the molecule is O=C(O)[C@@H]1[C@H]2C(=O)N(c3ccccc3F)C[C@@]23C=C[C@H]1O3. The summed E-state index contributed by atoms with van der Waals surface area (Å²) in [6.07, 6.45) is 2.87. The number of halogens is 1. The predicted octanol–water partition coefficient (Wildman–Crippen LogP) is 1.20. The summed E-state index contributed by atoms with van der Waals surface area (Å²) in [4.78, 5) is 25.3. The number of nitrogens with zero attached hydrogens (tertiary/aromatic N) is 1. The summed E-state index contributed by atoms with van der Waals surface area (Å²) in [5.74, 6) is -3.64. The van der Waals surface area contributed by atoms with Gasteiger partial charge in [-0.2, -0.15) is 0 Å². The van der Waals surface area contributed by atoms with Crippen LogP contribution < -0.4 is 4.90 Å². The highest BCUT2D eigenvalue weighted by Gasteiger charge is 2.67. The molecular formula is C15H12FNO4. The first-order valence-corrected chi connectivity index (χ1v) is 6.69. The molecule has 0 radical (unpaired) electrons. The number of carbonyl (C=O) groups is 2. The quantitative estimate of drug-likeness (QED) is 0.831. The van der Waals surface area contributed by atoms with Crippen LogP contribution in [-0.2, 0) is 14.3 Å². The van der Waals surface area contributed by atoms with Gasteiger partial charge in [0.1, 0.15) is 17.3 Å². The third-order valence-electron chi connectivity index (χ3n) is 4.53. The molecule has 0 aromatic heterocycles. The number of rotatable bonds is 2. The van der Waals surface area contributed by atoms with Crippen molar-refractivity contribution in [2.45, 2.75) is 11.7 Å². The van der Waals surface area contributed by atoms with Gasteiger partial charge in [0.15, 0.2) is 0 Å². The lowest BCUT2D eigenvalue weighted by Crippen LogP contribution is -2.39. The predicted molar refractivity (Wildman–Crippen MR) is 70.1 cm³/mol. The first-order chi connectivity index (χ1) is 10.0. The molecule has 0 saturated carbocycles. The number of carbonyl (C=O) groups excluding carboxylic acids is 1. The highest BCUT2D eigenvalue weighted by atomic mass is 19.1. The second-order valence-corrected chi connectivity index (χ2v) is 5.61. The Kier molecular flexibility index (Phi) is 2.34. The average Bonchev–Trinajstić information content (AvgIpc) is 3.08. The van der Waals surface area contributed by atoms with Crippen molar-refractivity contribution in [3.8, 4) is 0 Å². The van der Waals surface area contributed by atoms with Crippen molar-refractivity contribution in [3.05, 3.63) is 42.2 Å². The van der Waals surface area contributed by atoms with Gasteiger partial charge in [0.05, 0.1) is 24.3 Å². The third-order valence-corrected chi connectivity index (χ3v) is 4.53. The third kappa shape index (κ3) is 1.48. The van der Waals surface area contributed by atoms with E-state index in [-0.39, 0.29) is 18.1 Å². The maximum absolute atomic E-state index is 13.9. The lowest BCUT2D eigenvalue weighted by Gasteiger charge is -2.21. The number of hydrogen-bond donors (Lipinski definition) is 1. The summed E-state index contributed by atoms with van der Waals surface area (Å²) in [5.41, 5.74) is -0.775. The lowest BCUT2D eigenvalue weighted by atomic mass is 9.77. The normalized spacial score (nSPS) is 36.3. The fraction of sp³-hybridized carbons (Fsp3) is 0.333. The maximum atomic E-state index is 13.9. The van der Waals surface area contributed by atoms with Crippen LogP contribution in [0.3, 0.4) is 0 Å². The number of aliphatic carboxylic acids is 1. The van der Waals surface area contributed by atoms with E-state index in [1.165, 1.54) is 17.0 Å². The van der Waals surface area contributed by atoms with E-state index in [1.807, 2.05) is 0 Å². The fourth-order valence-electron chi connectivity index (χ4n) is 3.65. The smallest absolute Gasteiger partial charge is 0.310 e. The van der Waals surface area contributed by atoms with Crippen LogP contribution >= 0.6 is 0 Å². The summed E-state index contributed by atoms with van der Waals surface area (Å²) in [7, 11) is 0. The minimum atomic E-state index is -1.06. The Hall–Kier alpha value is -2.21. The summed E-state index contributed by atoms with van der Waals surface area (Å²) in [6.45, 7) is 0.147. The molecule has 5 nitrogen and oxygen atoms in total. The number of ether oxygens (including phenoxy) is 1. The molecule has 108 valence electrons. The zero-order chi connectivity index (χ0) is 14.8. The molecule has 0 aliphatic carbocycles. The zero-order valence-corrected chi connectivity index (χ0v) is 10.9. The number of anilines is 1. The Morgan fingerprint density at radius 3 is 2.90 bits per heavy atom. The van der Waals surface area contributed by atoms with E-state index in [2.05, 4.69) is 0 Å². The summed E-state index contributed by atoms with van der Waals surface area (Å²) >= 11 is 0. The van der Waals surface area contributed by atoms with Crippen LogP contribution in [0.4, 0.5) is 10.1 Å². The number of carboxylic acid groups (broad SMARTS) is 1. The van der Waals surface area contributed by atoms with Crippen molar-refractivity contribution in [2.75, 3.05) is 11.4 Å². The number of benzene rings is 1. The molecule has 3 aliphatic rings. The first kappa shape index (κ1) is 12.5. The van der Waals surface area contributed by atoms with Crippen LogP contribution in [0.5, 0.6) is 0 Å². The minimum absolute atomic E-state index is 0.147. The standard InChI is InChI=1S/C15H12FNO4/c16-8-3-1-2-4-9(8)17-7-15-6-5-10(21-15)11(14(19)20)12(15)13(17)18/h1-6,10-12H,7H2,(H,19,20)/t10-,11+,12+,15+/m1/s1. The summed E-state index contributed by atoms with van der Waals surface area (Å²) in [6, 6.07) is 5.97. The topological polar surface area (TPSA) is 66.8 Å². The summed E-state index contributed by atoms with van der Waals surface area (Å²) in [5, 5.41) is 9.35. The van der Waals surface area contributed by atoms with Gasteiger partial charge in [-0.1, -0.05) is 24.3 Å². The van der Waals surface area contributed by atoms with Gasteiger partial charge in [-0.15, -0.1) is 0 Å². The molecule has 1 aromatic rings. The fourth-order valence-corrected chi connectivity index (χ4v) is 3.65. The van der Waals surface area contributed by atoms with E-state index in [0.717, 1.165) is 0 Å². The van der Waals surface area contributed by atoms with E-state index in [4.69, 9.17) is 4.74 Å². The molecule has 1 N–H and O–H groups in total. The molecule has 6 heteroatoms. The molecule has 0 unspecified atom stereocenters. The van der Waals surface area contributed by atoms with Crippen LogP contribution in [0.1, 0.15) is 0 Å². The van der Waals surface area contributed by atoms with Gasteiger partial charge in [0.2, 0.25) is 5.91 Å². The average molecular weight is 289 g/mol. The zero-order valence-electron chi connectivity index (χ0n) is 10.9. The Balaban J connectivity index is 1.78. The molecule has 3 aliphatic heterocycles. The van der Waals surface area contributed by atoms with Crippen LogP contribution in [0, 0.1) is 17.7 Å². The van der Waals surface area contributed by atoms with E-state index < -0.39 is 35.3 Å². The second-order valence-electron chi connectivity index (χ2n) is 5.61. The highest BCUT2D eigenvalue weighted by molar-refractivity contribution is 6.02. The number of para-hydroxylation sites is 1. The molecule has 3 heterocycles. The van der Waals surface area contributed by atoms with Crippen LogP contribution in [-0.4, -0.2) is 35.2 Å². The summed E-state index contributed by atoms with van der Waals surface area (Å²) < 4.78 is 19.7. The molecule has 2 fully saturated rings. The van der Waals surface area contributed by atoms with Gasteiger partial charge in [-0.25, -0.2) is 4.39 Å². The first-order valence-electron chi connectivity index (χ1n) is 6.69. The molecule has 4 rings (SSSR count). The van der Waals surface area contributed by atoms with Gasteiger partial charge in [0, 0.05) is 0 Å². The minimum Gasteiger partial charge on any atom is -0.481 e. The van der Waals surface area contributed by atoms with Crippen molar-refractivity contribution in [2.24, 2.45) is 11.8 Å². The molecular weight excluding hydrogens is 277 g/mol. The van der Waals surface area contributed by atoms with Crippen molar-refractivity contribution in [1.29, 1.82) is 0 Å². The molecule has 2 saturated heterocycles. The Bertz CT molecular complexity index is 688. The van der Waals surface area contributed by atoms with E-state index in [9.17, 15) is 19.1 Å². The number of carboxylic acids is 1. The monoisotopic (exact) mass is 289 g/mol. The Labute approximate surface area is 119 Å². The van der Waals surface area contributed by atoms with Crippen LogP contribution in [0.25, 0.3) is 0 Å². The lowest BCUT2D eigenvalue weighted by molar-refractivity contribution is -0.146. The van der Waals surface area contributed by atoms with Crippen molar-refractivity contribution >= 4 is 17.6 Å². The van der Waals surface area contributed by atoms with E-state index >= 15 is 0 Å². The Morgan fingerprint density at radius 1 is 1.43 bits per heavy atom. The van der Waals surface area contributed by atoms with Gasteiger partial charge < -0.3 is 14.7 Å². The molecule has 4 atom stereocenters. The Morgan fingerprint density at radius 2 is 2.19 bits per heavy atom. The number of hydrogen-bond acceptors (Lipinski definition) is 3. The van der Waals surface area contributed by atoms with Crippen LogP contribution in [0.2, 0.25) is 0 Å². The molecule has 1 spiro atoms. The molecule has 21 heavy (non-hydrogen) atoms. The van der Waals surface area contributed by atoms with Gasteiger partial charge in [-0.3, -0.25) is 9.59 Å². The van der Waals surface area contributed by atoms with E-state index in [1.54, 1.807) is 24.3 Å². The number of amides is 1. The molecule has 2 bridgehead atoms. The van der Waals surface area contributed by atoms with Gasteiger partial charge in [-0.05, 0) is 12.1 Å². The van der Waals surface area contributed by atoms with Crippen molar-refractivity contribution in [3.63, 3.8) is 0 Å². The molecule has 1 aromatic carbocycles. The maximum Gasteiger partial charge on any atom is 0.310 e.